The Bertz CT molecular complexity index is 1130. The zero-order valence-electron chi connectivity index (χ0n) is 17.8. The van der Waals surface area contributed by atoms with Crippen molar-refractivity contribution in [2.45, 2.75) is 17.2 Å². The van der Waals surface area contributed by atoms with Crippen LogP contribution >= 0.6 is 11.8 Å². The van der Waals surface area contributed by atoms with Gasteiger partial charge in [-0.15, -0.1) is 16.9 Å². The van der Waals surface area contributed by atoms with Crippen molar-refractivity contribution in [1.82, 2.24) is 10.2 Å². The molecule has 1 fully saturated rings. The van der Waals surface area contributed by atoms with Crippen LogP contribution in [-0.2, 0) is 4.79 Å². The second kappa shape index (κ2) is 9.31. The summed E-state index contributed by atoms with van der Waals surface area (Å²) in [5, 5.41) is 10.5. The SMILES string of the molecule is COc1ccc(C(=O)Nc2nnc(C3CC(=O)N(c4ccc(SC)cc4)C3)o2)cc1OC. The first-order valence-electron chi connectivity index (χ1n) is 9.83. The summed E-state index contributed by atoms with van der Waals surface area (Å²) in [5.41, 5.74) is 1.18. The number of methoxy groups -OCH3 is 2. The van der Waals surface area contributed by atoms with Crippen LogP contribution in [0.15, 0.2) is 51.8 Å². The lowest BCUT2D eigenvalue weighted by Gasteiger charge is -2.16. The standard InChI is InChI=1S/C22H22N4O5S/c1-29-17-9-4-13(10-18(17)30-2)20(28)23-22-25-24-21(31-22)14-11-19(27)26(12-14)15-5-7-16(32-3)8-6-15/h4-10,14H,11-12H2,1-3H3,(H,23,25,28). The first-order chi connectivity index (χ1) is 15.5. The van der Waals surface area contributed by atoms with Gasteiger partial charge >= 0.3 is 6.01 Å². The molecule has 3 aromatic rings. The molecule has 1 atom stereocenters. The van der Waals surface area contributed by atoms with Crippen molar-refractivity contribution in [3.63, 3.8) is 0 Å². The highest BCUT2D eigenvalue weighted by Crippen LogP contribution is 2.33. The summed E-state index contributed by atoms with van der Waals surface area (Å²) in [7, 11) is 3.01. The van der Waals surface area contributed by atoms with Gasteiger partial charge in [-0.1, -0.05) is 5.10 Å². The normalized spacial score (nSPS) is 15.7. The van der Waals surface area contributed by atoms with E-state index in [1.807, 2.05) is 30.5 Å². The van der Waals surface area contributed by atoms with Crippen LogP contribution in [0.4, 0.5) is 11.7 Å². The van der Waals surface area contributed by atoms with E-state index >= 15 is 0 Å². The fourth-order valence-electron chi connectivity index (χ4n) is 3.48. The predicted octanol–water partition coefficient (Wildman–Crippen LogP) is 3.58. The van der Waals surface area contributed by atoms with Crippen LogP contribution in [-0.4, -0.2) is 49.0 Å². The number of anilines is 2. The van der Waals surface area contributed by atoms with Crippen molar-refractivity contribution >= 4 is 35.3 Å². The fraction of sp³-hybridized carbons (Fsp3) is 0.273. The third-order valence-corrected chi connectivity index (χ3v) is 5.91. The highest BCUT2D eigenvalue weighted by atomic mass is 32.2. The molecule has 1 aliphatic rings. The molecule has 4 rings (SSSR count). The van der Waals surface area contributed by atoms with E-state index in [1.54, 1.807) is 34.9 Å². The Morgan fingerprint density at radius 1 is 1.12 bits per heavy atom. The first-order valence-corrected chi connectivity index (χ1v) is 11.1. The Morgan fingerprint density at radius 2 is 1.88 bits per heavy atom. The maximum atomic E-state index is 12.6. The molecule has 1 aliphatic heterocycles. The van der Waals surface area contributed by atoms with Crippen molar-refractivity contribution in [2.24, 2.45) is 0 Å². The Hall–Kier alpha value is -3.53. The smallest absolute Gasteiger partial charge is 0.322 e. The maximum Gasteiger partial charge on any atom is 0.322 e. The Kier molecular flexibility index (Phi) is 6.31. The van der Waals surface area contributed by atoms with Crippen molar-refractivity contribution in [3.8, 4) is 11.5 Å². The molecular weight excluding hydrogens is 432 g/mol. The summed E-state index contributed by atoms with van der Waals surface area (Å²) in [4.78, 5) is 27.9. The molecule has 2 amide bonds. The van der Waals surface area contributed by atoms with E-state index in [0.29, 0.717) is 29.5 Å². The quantitative estimate of drug-likeness (QED) is 0.540. The molecular formula is C22H22N4O5S. The van der Waals surface area contributed by atoms with Crippen molar-refractivity contribution in [2.75, 3.05) is 37.2 Å². The van der Waals surface area contributed by atoms with Gasteiger partial charge < -0.3 is 18.8 Å². The number of carbonyl (C=O) groups is 2. The van der Waals surface area contributed by atoms with E-state index in [-0.39, 0.29) is 24.3 Å². The Morgan fingerprint density at radius 3 is 2.56 bits per heavy atom. The summed E-state index contributed by atoms with van der Waals surface area (Å²) in [6.45, 7) is 0.433. The summed E-state index contributed by atoms with van der Waals surface area (Å²) in [5.74, 6) is 0.565. The van der Waals surface area contributed by atoms with Crippen LogP contribution in [0.5, 0.6) is 11.5 Å². The number of hydrogen-bond donors (Lipinski definition) is 1. The molecule has 0 saturated carbocycles. The third-order valence-electron chi connectivity index (χ3n) is 5.17. The maximum absolute atomic E-state index is 12.6. The molecule has 1 N–H and O–H groups in total. The number of hydrogen-bond acceptors (Lipinski definition) is 8. The number of rotatable bonds is 7. The number of aromatic nitrogens is 2. The van der Waals surface area contributed by atoms with Gasteiger partial charge in [0.05, 0.1) is 20.1 Å². The number of carbonyl (C=O) groups excluding carboxylic acids is 2. The number of amides is 2. The van der Waals surface area contributed by atoms with Gasteiger partial charge in [0.2, 0.25) is 11.8 Å². The van der Waals surface area contributed by atoms with E-state index in [2.05, 4.69) is 15.5 Å². The lowest BCUT2D eigenvalue weighted by Crippen LogP contribution is -2.24. The van der Waals surface area contributed by atoms with Gasteiger partial charge in [-0.05, 0) is 48.7 Å². The van der Waals surface area contributed by atoms with Crippen molar-refractivity contribution in [1.29, 1.82) is 0 Å². The van der Waals surface area contributed by atoms with Gasteiger partial charge in [0.1, 0.15) is 0 Å². The van der Waals surface area contributed by atoms with Crippen LogP contribution in [0.1, 0.15) is 28.6 Å². The molecule has 0 spiro atoms. The van der Waals surface area contributed by atoms with E-state index in [4.69, 9.17) is 13.9 Å². The zero-order valence-corrected chi connectivity index (χ0v) is 18.6. The number of nitrogens with one attached hydrogen (secondary N) is 1. The fourth-order valence-corrected chi connectivity index (χ4v) is 3.89. The highest BCUT2D eigenvalue weighted by Gasteiger charge is 2.35. The van der Waals surface area contributed by atoms with Gasteiger partial charge in [-0.3, -0.25) is 14.9 Å². The predicted molar refractivity (Wildman–Crippen MR) is 120 cm³/mol. The summed E-state index contributed by atoms with van der Waals surface area (Å²) < 4.78 is 16.0. The summed E-state index contributed by atoms with van der Waals surface area (Å²) in [6, 6.07) is 12.6. The molecule has 0 radical (unpaired) electrons. The van der Waals surface area contributed by atoms with Crippen molar-refractivity contribution in [3.05, 3.63) is 53.9 Å². The summed E-state index contributed by atoms with van der Waals surface area (Å²) in [6.07, 6.45) is 2.26. The molecule has 166 valence electrons. The van der Waals surface area contributed by atoms with Crippen LogP contribution in [0.25, 0.3) is 0 Å². The van der Waals surface area contributed by atoms with E-state index in [0.717, 1.165) is 10.6 Å². The molecule has 1 aromatic heterocycles. The van der Waals surface area contributed by atoms with E-state index < -0.39 is 5.91 Å². The minimum atomic E-state index is -0.431. The van der Waals surface area contributed by atoms with Gasteiger partial charge in [0, 0.05) is 29.1 Å². The van der Waals surface area contributed by atoms with Crippen LogP contribution < -0.4 is 19.7 Å². The monoisotopic (exact) mass is 454 g/mol. The second-order valence-electron chi connectivity index (χ2n) is 7.07. The lowest BCUT2D eigenvalue weighted by molar-refractivity contribution is -0.117. The average molecular weight is 455 g/mol. The van der Waals surface area contributed by atoms with E-state index in [9.17, 15) is 9.59 Å². The largest absolute Gasteiger partial charge is 0.493 e. The number of thioether (sulfide) groups is 1. The molecule has 10 heteroatoms. The Labute approximate surface area is 189 Å². The topological polar surface area (TPSA) is 107 Å². The van der Waals surface area contributed by atoms with Gasteiger partial charge in [0.25, 0.3) is 5.91 Å². The molecule has 0 aliphatic carbocycles. The van der Waals surface area contributed by atoms with Gasteiger partial charge in [-0.25, -0.2) is 0 Å². The number of ether oxygens (including phenoxy) is 2. The van der Waals surface area contributed by atoms with Crippen LogP contribution in [0.3, 0.4) is 0 Å². The third kappa shape index (κ3) is 4.40. The van der Waals surface area contributed by atoms with Crippen molar-refractivity contribution < 1.29 is 23.5 Å². The molecule has 0 bridgehead atoms. The molecule has 2 aromatic carbocycles. The van der Waals surface area contributed by atoms with Crippen LogP contribution in [0.2, 0.25) is 0 Å². The molecule has 9 nitrogen and oxygen atoms in total. The average Bonchev–Trinajstić information content (AvgIpc) is 3.45. The lowest BCUT2D eigenvalue weighted by atomic mass is 10.1. The minimum absolute atomic E-state index is 0.0129. The molecule has 1 saturated heterocycles. The Balaban J connectivity index is 1.43. The molecule has 1 unspecified atom stereocenters. The highest BCUT2D eigenvalue weighted by molar-refractivity contribution is 7.98. The molecule has 2 heterocycles. The first kappa shape index (κ1) is 21.7. The summed E-state index contributed by atoms with van der Waals surface area (Å²) >= 11 is 1.64. The minimum Gasteiger partial charge on any atom is -0.493 e. The van der Waals surface area contributed by atoms with E-state index in [1.165, 1.54) is 14.2 Å². The van der Waals surface area contributed by atoms with Gasteiger partial charge in [-0.2, -0.15) is 0 Å². The van der Waals surface area contributed by atoms with Gasteiger partial charge in [0.15, 0.2) is 11.5 Å². The number of benzene rings is 2. The molecule has 32 heavy (non-hydrogen) atoms. The number of nitrogens with zero attached hydrogens (tertiary/aromatic N) is 3. The second-order valence-corrected chi connectivity index (χ2v) is 7.95. The van der Waals surface area contributed by atoms with Crippen LogP contribution in [0, 0.1) is 0 Å². The zero-order chi connectivity index (χ0) is 22.7.